The number of carbonyl (C=O) groups excluding carboxylic acids is 1. The van der Waals surface area contributed by atoms with Gasteiger partial charge in [-0.05, 0) is 45.2 Å². The summed E-state index contributed by atoms with van der Waals surface area (Å²) in [5.74, 6) is -0.361. The lowest BCUT2D eigenvalue weighted by molar-refractivity contribution is -0.149. The van der Waals surface area contributed by atoms with Gasteiger partial charge in [-0.25, -0.2) is 4.79 Å². The number of fused-ring (bicyclic) bond motifs is 1. The van der Waals surface area contributed by atoms with Crippen molar-refractivity contribution in [3.05, 3.63) is 48.2 Å². The molecular formula is C19H25ClN4O2. The Labute approximate surface area is 159 Å². The molecule has 0 saturated carbocycles. The van der Waals surface area contributed by atoms with Crippen LogP contribution in [-0.2, 0) is 9.53 Å². The van der Waals surface area contributed by atoms with E-state index in [2.05, 4.69) is 23.7 Å². The standard InChI is InChI=1S/C19H25ClN4O2/c1-5-26-19(25)18-17-14(21)9-7-10-15(17)23-24(18)16(13(3)20)11-6-8-12(2)22-4/h6-10,13,16,18,23H,2,4-5,11,21H2,1,3H3/b8-6-/t13?,16-,18?/m1/s1. The minimum absolute atomic E-state index is 0.188. The molecule has 3 N–H and O–H groups in total. The van der Waals surface area contributed by atoms with Crippen molar-refractivity contribution in [2.45, 2.75) is 37.7 Å². The molecule has 1 aliphatic heterocycles. The number of nitrogen functional groups attached to an aromatic ring is 1. The van der Waals surface area contributed by atoms with E-state index in [-0.39, 0.29) is 24.0 Å². The van der Waals surface area contributed by atoms with Crippen molar-refractivity contribution in [3.63, 3.8) is 0 Å². The number of hydrazine groups is 1. The first-order valence-electron chi connectivity index (χ1n) is 8.46. The maximum atomic E-state index is 12.7. The van der Waals surface area contributed by atoms with Crippen LogP contribution < -0.4 is 11.2 Å². The van der Waals surface area contributed by atoms with Gasteiger partial charge in [-0.2, -0.15) is 5.01 Å². The highest BCUT2D eigenvalue weighted by molar-refractivity contribution is 6.20. The maximum absolute atomic E-state index is 12.7. The van der Waals surface area contributed by atoms with E-state index in [1.807, 2.05) is 30.1 Å². The predicted octanol–water partition coefficient (Wildman–Crippen LogP) is 3.67. The number of esters is 1. The van der Waals surface area contributed by atoms with E-state index in [0.29, 0.717) is 17.8 Å². The van der Waals surface area contributed by atoms with Crippen LogP contribution in [0.1, 0.15) is 31.9 Å². The van der Waals surface area contributed by atoms with E-state index < -0.39 is 6.04 Å². The van der Waals surface area contributed by atoms with Crippen LogP contribution in [0.25, 0.3) is 0 Å². The normalized spacial score (nSPS) is 18.8. The molecule has 0 aliphatic carbocycles. The first-order chi connectivity index (χ1) is 12.4. The number of allylic oxidation sites excluding steroid dienone is 1. The number of rotatable bonds is 8. The lowest BCUT2D eigenvalue weighted by atomic mass is 10.0. The van der Waals surface area contributed by atoms with Crippen molar-refractivity contribution in [2.75, 3.05) is 17.8 Å². The van der Waals surface area contributed by atoms with E-state index in [4.69, 9.17) is 22.1 Å². The van der Waals surface area contributed by atoms with E-state index in [1.165, 1.54) is 0 Å². The smallest absolute Gasteiger partial charge is 0.330 e. The van der Waals surface area contributed by atoms with Crippen molar-refractivity contribution < 1.29 is 9.53 Å². The minimum Gasteiger partial charge on any atom is -0.465 e. The van der Waals surface area contributed by atoms with Crippen LogP contribution in [0, 0.1) is 0 Å². The number of ether oxygens (including phenoxy) is 1. The fourth-order valence-electron chi connectivity index (χ4n) is 2.97. The molecular weight excluding hydrogens is 352 g/mol. The molecule has 0 radical (unpaired) electrons. The van der Waals surface area contributed by atoms with Crippen LogP contribution in [-0.4, -0.2) is 35.7 Å². The molecule has 0 saturated heterocycles. The highest BCUT2D eigenvalue weighted by Crippen LogP contribution is 2.42. The Kier molecular flexibility index (Phi) is 6.83. The molecule has 1 aromatic rings. The Morgan fingerprint density at radius 2 is 2.31 bits per heavy atom. The Morgan fingerprint density at radius 1 is 1.58 bits per heavy atom. The van der Waals surface area contributed by atoms with Crippen LogP contribution in [0.3, 0.4) is 0 Å². The summed E-state index contributed by atoms with van der Waals surface area (Å²) in [5, 5.41) is 1.58. The van der Waals surface area contributed by atoms with Gasteiger partial charge in [0.1, 0.15) is 0 Å². The summed E-state index contributed by atoms with van der Waals surface area (Å²) in [6, 6.07) is 4.65. The van der Waals surface area contributed by atoms with Crippen molar-refractivity contribution in [2.24, 2.45) is 4.99 Å². The number of nitrogens with two attached hydrogens (primary N) is 1. The maximum Gasteiger partial charge on any atom is 0.330 e. The van der Waals surface area contributed by atoms with E-state index in [9.17, 15) is 4.79 Å². The highest BCUT2D eigenvalue weighted by Gasteiger charge is 2.42. The van der Waals surface area contributed by atoms with E-state index in [0.717, 1.165) is 11.3 Å². The second-order valence-corrected chi connectivity index (χ2v) is 6.70. The topological polar surface area (TPSA) is 80.0 Å². The molecule has 7 heteroatoms. The van der Waals surface area contributed by atoms with Gasteiger partial charge >= 0.3 is 5.97 Å². The zero-order valence-corrected chi connectivity index (χ0v) is 15.9. The van der Waals surface area contributed by atoms with Gasteiger partial charge in [0.15, 0.2) is 6.04 Å². The van der Waals surface area contributed by atoms with Crippen molar-refractivity contribution in [1.82, 2.24) is 5.01 Å². The molecule has 0 aromatic heterocycles. The van der Waals surface area contributed by atoms with Gasteiger partial charge in [0.25, 0.3) is 0 Å². The average Bonchev–Trinajstić information content (AvgIpc) is 2.98. The molecule has 1 aromatic carbocycles. The third-order valence-corrected chi connectivity index (χ3v) is 4.52. The summed E-state index contributed by atoms with van der Waals surface area (Å²) >= 11 is 6.45. The molecule has 1 aliphatic rings. The largest absolute Gasteiger partial charge is 0.465 e. The number of benzene rings is 1. The number of anilines is 2. The van der Waals surface area contributed by atoms with Gasteiger partial charge in [0.2, 0.25) is 0 Å². The third-order valence-electron chi connectivity index (χ3n) is 4.23. The van der Waals surface area contributed by atoms with Crippen molar-refractivity contribution in [1.29, 1.82) is 0 Å². The van der Waals surface area contributed by atoms with Gasteiger partial charge < -0.3 is 15.9 Å². The molecule has 1 heterocycles. The molecule has 0 fully saturated rings. The SMILES string of the molecule is C=NC(=C)/C=C\C[C@H](C(C)Cl)N1Nc2cccc(N)c2C1C(=O)OCC. The first-order valence-corrected chi connectivity index (χ1v) is 8.90. The molecule has 6 nitrogen and oxygen atoms in total. The van der Waals surface area contributed by atoms with Crippen LogP contribution in [0.4, 0.5) is 11.4 Å². The van der Waals surface area contributed by atoms with Gasteiger partial charge in [-0.3, -0.25) is 4.99 Å². The third kappa shape index (κ3) is 4.26. The van der Waals surface area contributed by atoms with Gasteiger partial charge in [0, 0.05) is 22.7 Å². The number of aliphatic imine (C=N–C) groups is 1. The Hall–Kier alpha value is -2.31. The van der Waals surface area contributed by atoms with Crippen LogP contribution in [0.15, 0.2) is 47.6 Å². The summed E-state index contributed by atoms with van der Waals surface area (Å²) in [6.45, 7) is 11.1. The number of carbonyl (C=O) groups is 1. The monoisotopic (exact) mass is 376 g/mol. The summed E-state index contributed by atoms with van der Waals surface area (Å²) in [6.07, 6.45) is 4.27. The molecule has 3 atom stereocenters. The second-order valence-electron chi connectivity index (χ2n) is 6.01. The van der Waals surface area contributed by atoms with Crippen LogP contribution in [0.2, 0.25) is 0 Å². The number of nitrogens with zero attached hydrogens (tertiary/aromatic N) is 2. The zero-order valence-electron chi connectivity index (χ0n) is 15.1. The van der Waals surface area contributed by atoms with Crippen molar-refractivity contribution >= 4 is 35.7 Å². The number of nitrogens with one attached hydrogen (secondary N) is 1. The fourth-order valence-corrected chi connectivity index (χ4v) is 3.20. The second kappa shape index (κ2) is 8.87. The first kappa shape index (κ1) is 20.0. The Morgan fingerprint density at radius 3 is 2.92 bits per heavy atom. The summed E-state index contributed by atoms with van der Waals surface area (Å²) < 4.78 is 5.28. The number of halogens is 1. The quantitative estimate of drug-likeness (QED) is 0.238. The highest BCUT2D eigenvalue weighted by atomic mass is 35.5. The summed E-state index contributed by atoms with van der Waals surface area (Å²) in [4.78, 5) is 16.4. The molecule has 2 rings (SSSR count). The predicted molar refractivity (Wildman–Crippen MR) is 107 cm³/mol. The minimum atomic E-state index is -0.661. The number of alkyl halides is 1. The van der Waals surface area contributed by atoms with Gasteiger partial charge in [0.05, 0.1) is 18.0 Å². The van der Waals surface area contributed by atoms with E-state index in [1.54, 1.807) is 19.1 Å². The molecule has 0 spiro atoms. The summed E-state index contributed by atoms with van der Waals surface area (Å²) in [5.41, 5.74) is 12.0. The molecule has 0 amide bonds. The zero-order chi connectivity index (χ0) is 19.3. The lowest BCUT2D eigenvalue weighted by Gasteiger charge is -2.33. The molecule has 140 valence electrons. The Balaban J connectivity index is 2.36. The molecule has 2 unspecified atom stereocenters. The van der Waals surface area contributed by atoms with Crippen LogP contribution in [0.5, 0.6) is 0 Å². The number of hydrogen-bond donors (Lipinski definition) is 2. The number of hydrogen-bond acceptors (Lipinski definition) is 6. The molecule has 26 heavy (non-hydrogen) atoms. The lowest BCUT2D eigenvalue weighted by Crippen LogP contribution is -2.45. The molecule has 0 bridgehead atoms. The van der Waals surface area contributed by atoms with Crippen LogP contribution >= 0.6 is 11.6 Å². The van der Waals surface area contributed by atoms with Gasteiger partial charge in [-0.15, -0.1) is 11.6 Å². The Bertz CT molecular complexity index is 717. The van der Waals surface area contributed by atoms with Gasteiger partial charge in [-0.1, -0.05) is 18.7 Å². The summed E-state index contributed by atoms with van der Waals surface area (Å²) in [7, 11) is 0. The van der Waals surface area contributed by atoms with E-state index >= 15 is 0 Å². The van der Waals surface area contributed by atoms with Crippen molar-refractivity contribution in [3.8, 4) is 0 Å². The average molecular weight is 377 g/mol. The fraction of sp³-hybridized carbons (Fsp3) is 0.368.